The van der Waals surface area contributed by atoms with E-state index in [0.717, 1.165) is 38.2 Å². The lowest BCUT2D eigenvalue weighted by atomic mass is 9.96. The van der Waals surface area contributed by atoms with Gasteiger partial charge in [-0.15, -0.1) is 6.58 Å². The molecule has 2 rings (SSSR count). The molecular formula is C16H25N5O2. The van der Waals surface area contributed by atoms with E-state index in [1.54, 1.807) is 17.0 Å². The van der Waals surface area contributed by atoms with Crippen LogP contribution >= 0.6 is 0 Å². The highest BCUT2D eigenvalue weighted by molar-refractivity contribution is 5.92. The van der Waals surface area contributed by atoms with E-state index in [0.29, 0.717) is 13.1 Å². The highest BCUT2D eigenvalue weighted by Gasteiger charge is 2.26. The lowest BCUT2D eigenvalue weighted by Gasteiger charge is -2.30. The van der Waals surface area contributed by atoms with Crippen molar-refractivity contribution >= 4 is 17.5 Å². The van der Waals surface area contributed by atoms with E-state index in [2.05, 4.69) is 27.2 Å². The summed E-state index contributed by atoms with van der Waals surface area (Å²) in [6.07, 6.45) is 6.69. The number of aromatic nitrogens is 2. The zero-order chi connectivity index (χ0) is 16.7. The molecule has 1 aromatic rings. The third-order valence-electron chi connectivity index (χ3n) is 3.99. The number of aryl methyl sites for hydroxylation is 1. The third kappa shape index (κ3) is 5.21. The Kier molecular flexibility index (Phi) is 6.34. The second kappa shape index (κ2) is 8.47. The van der Waals surface area contributed by atoms with Gasteiger partial charge in [0.05, 0.1) is 18.4 Å². The number of piperidine rings is 1. The molecule has 1 aliphatic rings. The molecule has 2 amide bonds. The van der Waals surface area contributed by atoms with Crippen LogP contribution in [0.15, 0.2) is 25.0 Å². The van der Waals surface area contributed by atoms with Crippen molar-refractivity contribution in [2.75, 3.05) is 31.5 Å². The fourth-order valence-corrected chi connectivity index (χ4v) is 2.64. The average molecular weight is 319 g/mol. The fourth-order valence-electron chi connectivity index (χ4n) is 2.64. The van der Waals surface area contributed by atoms with E-state index in [1.807, 2.05) is 13.1 Å². The maximum Gasteiger partial charge on any atom is 0.234 e. The highest BCUT2D eigenvalue weighted by atomic mass is 16.2. The quantitative estimate of drug-likeness (QED) is 0.731. The summed E-state index contributed by atoms with van der Waals surface area (Å²) in [4.78, 5) is 26.0. The van der Waals surface area contributed by atoms with Gasteiger partial charge in [-0.05, 0) is 32.9 Å². The lowest BCUT2D eigenvalue weighted by molar-refractivity contribution is -0.123. The standard InChI is InChI=1S/C16H25N5O2/c1-3-7-17-15(22)12-20-8-5-13(6-9-20)16(23)19-14-10-18-21(4-2)11-14/h3,10-11,13H,1,4-9,12H2,2H3,(H,17,22)(H,19,23). The number of carbonyl (C=O) groups is 2. The van der Waals surface area contributed by atoms with Gasteiger partial charge in [0.2, 0.25) is 11.8 Å². The molecular weight excluding hydrogens is 294 g/mol. The van der Waals surface area contributed by atoms with Gasteiger partial charge >= 0.3 is 0 Å². The summed E-state index contributed by atoms with van der Waals surface area (Å²) in [6, 6.07) is 0. The van der Waals surface area contributed by atoms with Crippen LogP contribution in [0, 0.1) is 5.92 Å². The lowest BCUT2D eigenvalue weighted by Crippen LogP contribution is -2.43. The molecule has 0 radical (unpaired) electrons. The summed E-state index contributed by atoms with van der Waals surface area (Å²) >= 11 is 0. The van der Waals surface area contributed by atoms with Gasteiger partial charge in [-0.2, -0.15) is 5.10 Å². The number of rotatable bonds is 7. The Balaban J connectivity index is 1.74. The molecule has 126 valence electrons. The molecule has 1 fully saturated rings. The van der Waals surface area contributed by atoms with Gasteiger partial charge in [-0.3, -0.25) is 19.2 Å². The Morgan fingerprint density at radius 2 is 2.17 bits per heavy atom. The molecule has 7 nitrogen and oxygen atoms in total. The number of nitrogens with one attached hydrogen (secondary N) is 2. The van der Waals surface area contributed by atoms with Crippen molar-refractivity contribution < 1.29 is 9.59 Å². The Hall–Kier alpha value is -2.15. The number of hydrogen-bond donors (Lipinski definition) is 2. The first-order valence-electron chi connectivity index (χ1n) is 8.05. The van der Waals surface area contributed by atoms with Gasteiger partial charge in [0.25, 0.3) is 0 Å². The number of hydrogen-bond acceptors (Lipinski definition) is 4. The molecule has 0 spiro atoms. The predicted octanol–water partition coefficient (Wildman–Crippen LogP) is 0.856. The first-order chi connectivity index (χ1) is 11.1. The van der Waals surface area contributed by atoms with E-state index in [-0.39, 0.29) is 17.7 Å². The molecule has 7 heteroatoms. The van der Waals surface area contributed by atoms with Crippen LogP contribution in [-0.2, 0) is 16.1 Å². The maximum atomic E-state index is 12.3. The van der Waals surface area contributed by atoms with Gasteiger partial charge in [0.1, 0.15) is 0 Å². The molecule has 2 heterocycles. The Labute approximate surface area is 136 Å². The zero-order valence-electron chi connectivity index (χ0n) is 13.6. The van der Waals surface area contributed by atoms with E-state index in [1.165, 1.54) is 0 Å². The van der Waals surface area contributed by atoms with E-state index in [9.17, 15) is 9.59 Å². The van der Waals surface area contributed by atoms with Crippen molar-refractivity contribution in [1.29, 1.82) is 0 Å². The van der Waals surface area contributed by atoms with E-state index in [4.69, 9.17) is 0 Å². The van der Waals surface area contributed by atoms with Crippen molar-refractivity contribution in [2.24, 2.45) is 5.92 Å². The molecule has 2 N–H and O–H groups in total. The molecule has 0 saturated carbocycles. The molecule has 23 heavy (non-hydrogen) atoms. The maximum absolute atomic E-state index is 12.3. The number of anilines is 1. The minimum atomic E-state index is -0.00698. The van der Waals surface area contributed by atoms with Crippen LogP contribution in [0.25, 0.3) is 0 Å². The van der Waals surface area contributed by atoms with Gasteiger partial charge in [0.15, 0.2) is 0 Å². The van der Waals surface area contributed by atoms with Crippen LogP contribution in [0.5, 0.6) is 0 Å². The Morgan fingerprint density at radius 3 is 2.78 bits per heavy atom. The smallest absolute Gasteiger partial charge is 0.234 e. The van der Waals surface area contributed by atoms with Crippen LogP contribution in [-0.4, -0.2) is 52.7 Å². The summed E-state index contributed by atoms with van der Waals surface area (Å²) in [7, 11) is 0. The molecule has 0 unspecified atom stereocenters. The van der Waals surface area contributed by atoms with Gasteiger partial charge < -0.3 is 10.6 Å². The molecule has 0 bridgehead atoms. The molecule has 1 aromatic heterocycles. The van der Waals surface area contributed by atoms with Crippen molar-refractivity contribution in [1.82, 2.24) is 20.0 Å². The molecule has 1 saturated heterocycles. The fraction of sp³-hybridized carbons (Fsp3) is 0.562. The Bertz CT molecular complexity index is 546. The average Bonchev–Trinajstić information content (AvgIpc) is 3.01. The summed E-state index contributed by atoms with van der Waals surface area (Å²) in [6.45, 7) is 8.74. The van der Waals surface area contributed by atoms with Crippen LogP contribution in [0.1, 0.15) is 19.8 Å². The monoisotopic (exact) mass is 319 g/mol. The zero-order valence-corrected chi connectivity index (χ0v) is 13.6. The van der Waals surface area contributed by atoms with Crippen molar-refractivity contribution in [2.45, 2.75) is 26.3 Å². The topological polar surface area (TPSA) is 79.3 Å². The first-order valence-corrected chi connectivity index (χ1v) is 8.05. The van der Waals surface area contributed by atoms with Gasteiger partial charge in [-0.1, -0.05) is 6.08 Å². The minimum absolute atomic E-state index is 0.000203. The molecule has 0 aliphatic carbocycles. The summed E-state index contributed by atoms with van der Waals surface area (Å²) in [5.74, 6) is 0.0312. The minimum Gasteiger partial charge on any atom is -0.352 e. The summed E-state index contributed by atoms with van der Waals surface area (Å²) in [5, 5.41) is 9.83. The van der Waals surface area contributed by atoms with Crippen molar-refractivity contribution in [3.63, 3.8) is 0 Å². The van der Waals surface area contributed by atoms with Crippen LogP contribution in [0.3, 0.4) is 0 Å². The van der Waals surface area contributed by atoms with E-state index < -0.39 is 0 Å². The summed E-state index contributed by atoms with van der Waals surface area (Å²) in [5.41, 5.74) is 0.739. The molecule has 0 aromatic carbocycles. The normalized spacial score (nSPS) is 16.0. The number of amides is 2. The Morgan fingerprint density at radius 1 is 1.43 bits per heavy atom. The predicted molar refractivity (Wildman–Crippen MR) is 88.9 cm³/mol. The first kappa shape index (κ1) is 17.2. The third-order valence-corrected chi connectivity index (χ3v) is 3.99. The van der Waals surface area contributed by atoms with E-state index >= 15 is 0 Å². The van der Waals surface area contributed by atoms with Gasteiger partial charge in [-0.25, -0.2) is 0 Å². The summed E-state index contributed by atoms with van der Waals surface area (Å²) < 4.78 is 1.78. The number of likely N-dealkylation sites (tertiary alicyclic amines) is 1. The largest absolute Gasteiger partial charge is 0.352 e. The molecule has 0 atom stereocenters. The number of nitrogens with zero attached hydrogens (tertiary/aromatic N) is 3. The molecule has 1 aliphatic heterocycles. The van der Waals surface area contributed by atoms with Crippen molar-refractivity contribution in [3.8, 4) is 0 Å². The van der Waals surface area contributed by atoms with Crippen LogP contribution in [0.4, 0.5) is 5.69 Å². The van der Waals surface area contributed by atoms with Crippen LogP contribution < -0.4 is 10.6 Å². The van der Waals surface area contributed by atoms with Crippen LogP contribution in [0.2, 0.25) is 0 Å². The highest BCUT2D eigenvalue weighted by Crippen LogP contribution is 2.19. The van der Waals surface area contributed by atoms with Crippen molar-refractivity contribution in [3.05, 3.63) is 25.0 Å². The SMILES string of the molecule is C=CCNC(=O)CN1CCC(C(=O)Nc2cnn(CC)c2)CC1. The number of carbonyl (C=O) groups excluding carboxylic acids is 2. The van der Waals surface area contributed by atoms with Gasteiger partial charge in [0, 0.05) is 25.2 Å². The second-order valence-corrected chi connectivity index (χ2v) is 5.72. The second-order valence-electron chi connectivity index (χ2n) is 5.72.